The lowest BCUT2D eigenvalue weighted by atomic mass is 10.1. The Bertz CT molecular complexity index is 488. The van der Waals surface area contributed by atoms with Crippen LogP contribution in [-0.2, 0) is 9.84 Å². The van der Waals surface area contributed by atoms with Gasteiger partial charge in [0.1, 0.15) is 0 Å². The fourth-order valence-corrected chi connectivity index (χ4v) is 3.97. The summed E-state index contributed by atoms with van der Waals surface area (Å²) in [7, 11) is -3.27. The third kappa shape index (κ3) is 5.13. The monoisotopic (exact) mass is 303 g/mol. The van der Waals surface area contributed by atoms with Crippen LogP contribution in [0.5, 0.6) is 0 Å². The first-order valence-corrected chi connectivity index (χ1v) is 8.75. The summed E-state index contributed by atoms with van der Waals surface area (Å²) in [4.78, 5) is 0.244. The second kappa shape index (κ2) is 7.88. The fraction of sp³-hybridized carbons (Fsp3) is 0.571. The number of hydrogen-bond donors (Lipinski definition) is 1. The molecular formula is C14H22ClNO2S. The van der Waals surface area contributed by atoms with Gasteiger partial charge in [-0.1, -0.05) is 37.6 Å². The van der Waals surface area contributed by atoms with E-state index >= 15 is 0 Å². The Morgan fingerprint density at radius 2 is 1.95 bits per heavy atom. The molecule has 0 aliphatic heterocycles. The van der Waals surface area contributed by atoms with Gasteiger partial charge >= 0.3 is 0 Å². The largest absolute Gasteiger partial charge is 0.314 e. The van der Waals surface area contributed by atoms with E-state index in [-0.39, 0.29) is 10.6 Å². The van der Waals surface area contributed by atoms with Crippen molar-refractivity contribution in [1.82, 2.24) is 5.32 Å². The molecule has 0 bridgehead atoms. The minimum absolute atomic E-state index is 0.151. The Morgan fingerprint density at radius 3 is 2.53 bits per heavy atom. The van der Waals surface area contributed by atoms with Gasteiger partial charge in [-0.05, 0) is 37.9 Å². The van der Waals surface area contributed by atoms with Crippen LogP contribution in [0.25, 0.3) is 0 Å². The number of hydrogen-bond acceptors (Lipinski definition) is 3. The molecule has 1 unspecified atom stereocenters. The average Bonchev–Trinajstić information content (AvgIpc) is 2.38. The first-order valence-electron chi connectivity index (χ1n) is 6.72. The highest BCUT2D eigenvalue weighted by atomic mass is 35.5. The van der Waals surface area contributed by atoms with Crippen molar-refractivity contribution < 1.29 is 8.42 Å². The zero-order valence-electron chi connectivity index (χ0n) is 11.5. The summed E-state index contributed by atoms with van der Waals surface area (Å²) in [6, 6.07) is 7.01. The first-order chi connectivity index (χ1) is 9.01. The van der Waals surface area contributed by atoms with E-state index in [9.17, 15) is 8.42 Å². The van der Waals surface area contributed by atoms with Gasteiger partial charge in [0.25, 0.3) is 0 Å². The van der Waals surface area contributed by atoms with Gasteiger partial charge in [0.05, 0.1) is 15.7 Å². The van der Waals surface area contributed by atoms with E-state index in [0.717, 1.165) is 19.4 Å². The smallest absolute Gasteiger partial charge is 0.179 e. The molecule has 0 spiro atoms. The van der Waals surface area contributed by atoms with Gasteiger partial charge in [0.2, 0.25) is 0 Å². The molecule has 0 aliphatic carbocycles. The molecule has 1 rings (SSSR count). The van der Waals surface area contributed by atoms with Crippen LogP contribution in [0.2, 0.25) is 5.02 Å². The van der Waals surface area contributed by atoms with Gasteiger partial charge in [-0.15, -0.1) is 0 Å². The van der Waals surface area contributed by atoms with Crippen LogP contribution in [0.1, 0.15) is 33.1 Å². The number of nitrogens with one attached hydrogen (secondary N) is 1. The quantitative estimate of drug-likeness (QED) is 0.801. The van der Waals surface area contributed by atoms with E-state index in [0.29, 0.717) is 17.5 Å². The normalized spacial score (nSPS) is 13.4. The molecule has 0 aliphatic rings. The van der Waals surface area contributed by atoms with Gasteiger partial charge in [-0.3, -0.25) is 0 Å². The number of halogens is 1. The Morgan fingerprint density at radius 1 is 1.26 bits per heavy atom. The molecule has 0 radical (unpaired) electrons. The lowest BCUT2D eigenvalue weighted by Gasteiger charge is -2.15. The summed E-state index contributed by atoms with van der Waals surface area (Å²) in [6.45, 7) is 5.08. The van der Waals surface area contributed by atoms with Crippen LogP contribution in [0.4, 0.5) is 0 Å². The Hall–Kier alpha value is -0.580. The predicted molar refractivity (Wildman–Crippen MR) is 80.5 cm³/mol. The lowest BCUT2D eigenvalue weighted by Crippen LogP contribution is -2.28. The maximum atomic E-state index is 12.2. The Labute approximate surface area is 121 Å². The SMILES string of the molecule is CCNC(CC)CCCS(=O)(=O)c1ccccc1Cl. The zero-order valence-corrected chi connectivity index (χ0v) is 13.1. The third-order valence-corrected chi connectivity index (χ3v) is 5.42. The van der Waals surface area contributed by atoms with Crippen molar-refractivity contribution in [2.24, 2.45) is 0 Å². The molecule has 5 heteroatoms. The van der Waals surface area contributed by atoms with E-state index in [1.165, 1.54) is 0 Å². The van der Waals surface area contributed by atoms with Crippen molar-refractivity contribution in [2.75, 3.05) is 12.3 Å². The van der Waals surface area contributed by atoms with Crippen molar-refractivity contribution in [1.29, 1.82) is 0 Å². The van der Waals surface area contributed by atoms with Gasteiger partial charge in [0, 0.05) is 6.04 Å². The lowest BCUT2D eigenvalue weighted by molar-refractivity contribution is 0.475. The van der Waals surface area contributed by atoms with Crippen molar-refractivity contribution in [3.05, 3.63) is 29.3 Å². The molecule has 1 N–H and O–H groups in total. The van der Waals surface area contributed by atoms with Gasteiger partial charge in [-0.25, -0.2) is 8.42 Å². The topological polar surface area (TPSA) is 46.2 Å². The van der Waals surface area contributed by atoms with E-state index in [4.69, 9.17) is 11.6 Å². The van der Waals surface area contributed by atoms with E-state index in [1.807, 2.05) is 0 Å². The molecule has 1 aromatic carbocycles. The maximum Gasteiger partial charge on any atom is 0.179 e. The molecule has 19 heavy (non-hydrogen) atoms. The minimum Gasteiger partial charge on any atom is -0.314 e. The number of benzene rings is 1. The highest BCUT2D eigenvalue weighted by molar-refractivity contribution is 7.91. The Kier molecular flexibility index (Phi) is 6.83. The van der Waals surface area contributed by atoms with Crippen LogP contribution in [-0.4, -0.2) is 26.8 Å². The summed E-state index contributed by atoms with van der Waals surface area (Å²) >= 11 is 5.94. The molecule has 108 valence electrons. The molecule has 1 atom stereocenters. The van der Waals surface area contributed by atoms with Crippen LogP contribution in [0, 0.1) is 0 Å². The predicted octanol–water partition coefficient (Wildman–Crippen LogP) is 3.28. The summed E-state index contributed by atoms with van der Waals surface area (Å²) < 4.78 is 24.4. The number of rotatable bonds is 8. The highest BCUT2D eigenvalue weighted by Crippen LogP contribution is 2.22. The summed E-state index contributed by atoms with van der Waals surface area (Å²) in [5.41, 5.74) is 0. The van der Waals surface area contributed by atoms with Gasteiger partial charge in [-0.2, -0.15) is 0 Å². The van der Waals surface area contributed by atoms with Crippen molar-refractivity contribution in [3.8, 4) is 0 Å². The molecular weight excluding hydrogens is 282 g/mol. The summed E-state index contributed by atoms with van der Waals surface area (Å²) in [6.07, 6.45) is 2.53. The first kappa shape index (κ1) is 16.5. The summed E-state index contributed by atoms with van der Waals surface area (Å²) in [5, 5.41) is 3.66. The molecule has 0 saturated heterocycles. The molecule has 1 aromatic rings. The number of sulfone groups is 1. The van der Waals surface area contributed by atoms with Crippen molar-refractivity contribution >= 4 is 21.4 Å². The van der Waals surface area contributed by atoms with Crippen LogP contribution in [0.3, 0.4) is 0 Å². The van der Waals surface area contributed by atoms with Crippen molar-refractivity contribution in [2.45, 2.75) is 44.0 Å². The van der Waals surface area contributed by atoms with Crippen LogP contribution in [0.15, 0.2) is 29.2 Å². The molecule has 0 amide bonds. The van der Waals surface area contributed by atoms with Crippen LogP contribution >= 0.6 is 11.6 Å². The van der Waals surface area contributed by atoms with E-state index in [1.54, 1.807) is 24.3 Å². The van der Waals surface area contributed by atoms with E-state index < -0.39 is 9.84 Å². The standard InChI is InChI=1S/C14H22ClNO2S/c1-3-12(16-4-2)8-7-11-19(17,18)14-10-6-5-9-13(14)15/h5-6,9-10,12,16H,3-4,7-8,11H2,1-2H3. The third-order valence-electron chi connectivity index (χ3n) is 3.12. The van der Waals surface area contributed by atoms with Gasteiger partial charge < -0.3 is 5.32 Å². The van der Waals surface area contributed by atoms with Crippen LogP contribution < -0.4 is 5.32 Å². The van der Waals surface area contributed by atoms with Crippen molar-refractivity contribution in [3.63, 3.8) is 0 Å². The minimum atomic E-state index is -3.27. The Balaban J connectivity index is 2.59. The summed E-state index contributed by atoms with van der Waals surface area (Å²) in [5.74, 6) is 0.151. The molecule has 0 aromatic heterocycles. The van der Waals surface area contributed by atoms with Gasteiger partial charge in [0.15, 0.2) is 9.84 Å². The second-order valence-corrected chi connectivity index (χ2v) is 7.04. The maximum absolute atomic E-state index is 12.2. The highest BCUT2D eigenvalue weighted by Gasteiger charge is 2.17. The molecule has 3 nitrogen and oxygen atoms in total. The van der Waals surface area contributed by atoms with E-state index in [2.05, 4.69) is 19.2 Å². The second-order valence-electron chi connectivity index (χ2n) is 4.55. The fourth-order valence-electron chi connectivity index (χ4n) is 2.07. The zero-order chi connectivity index (χ0) is 14.3. The average molecular weight is 304 g/mol. The molecule has 0 heterocycles. The molecule has 0 fully saturated rings. The molecule has 0 saturated carbocycles.